The molecule has 1 unspecified atom stereocenters. The van der Waals surface area contributed by atoms with Crippen LogP contribution in [0.25, 0.3) is 11.5 Å². The van der Waals surface area contributed by atoms with E-state index in [0.29, 0.717) is 18.1 Å². The summed E-state index contributed by atoms with van der Waals surface area (Å²) in [5.41, 5.74) is 0.740. The van der Waals surface area contributed by atoms with E-state index in [9.17, 15) is 5.11 Å². The average Bonchev–Trinajstić information content (AvgIpc) is 3.27. The maximum atomic E-state index is 10.3. The molecule has 0 bridgehead atoms. The zero-order valence-corrected chi connectivity index (χ0v) is 18.8. The summed E-state index contributed by atoms with van der Waals surface area (Å²) in [4.78, 5) is 8.46. The monoisotopic (exact) mass is 412 g/mol. The summed E-state index contributed by atoms with van der Waals surface area (Å²) in [5.74, 6) is 1.00. The van der Waals surface area contributed by atoms with Gasteiger partial charge in [0.25, 0.3) is 0 Å². The number of rotatable bonds is 17. The quantitative estimate of drug-likeness (QED) is 0.213. The highest BCUT2D eigenvalue weighted by Crippen LogP contribution is 2.24. The number of aromatic nitrogens is 2. The fourth-order valence-corrected chi connectivity index (χ4v) is 3.60. The number of aliphatic hydroxyl groups is 1. The number of hydrogen-bond donors (Lipinski definition) is 1. The van der Waals surface area contributed by atoms with Crippen LogP contribution in [0.2, 0.25) is 0 Å². The van der Waals surface area contributed by atoms with E-state index in [1.54, 1.807) is 12.4 Å². The first-order valence-electron chi connectivity index (χ1n) is 12.0. The van der Waals surface area contributed by atoms with Crippen molar-refractivity contribution in [2.75, 3.05) is 0 Å². The molecule has 0 aliphatic heterocycles. The Morgan fingerprint density at radius 2 is 1.53 bits per heavy atom. The number of oxazole rings is 1. The van der Waals surface area contributed by atoms with E-state index in [1.807, 2.05) is 18.2 Å². The van der Waals surface area contributed by atoms with Gasteiger partial charge in [-0.1, -0.05) is 82.9 Å². The third kappa shape index (κ3) is 10.2. The fraction of sp³-hybridized carbons (Fsp3) is 0.615. The minimum Gasteiger partial charge on any atom is -0.436 e. The second-order valence-corrected chi connectivity index (χ2v) is 8.17. The molecule has 2 aromatic rings. The van der Waals surface area contributed by atoms with Gasteiger partial charge in [-0.2, -0.15) is 0 Å². The normalized spacial score (nSPS) is 12.6. The molecule has 2 heterocycles. The van der Waals surface area contributed by atoms with Crippen molar-refractivity contribution in [2.45, 2.75) is 103 Å². The summed E-state index contributed by atoms with van der Waals surface area (Å²) in [6.07, 6.45) is 24.7. The van der Waals surface area contributed by atoms with Crippen LogP contribution in [0.1, 0.15) is 109 Å². The second-order valence-electron chi connectivity index (χ2n) is 8.17. The molecule has 4 nitrogen and oxygen atoms in total. The zero-order valence-electron chi connectivity index (χ0n) is 18.8. The molecule has 0 aliphatic rings. The number of unbranched alkanes of at least 4 members (excludes halogenated alkanes) is 11. The van der Waals surface area contributed by atoms with Crippen LogP contribution >= 0.6 is 0 Å². The van der Waals surface area contributed by atoms with Gasteiger partial charge in [0, 0.05) is 6.20 Å². The molecule has 0 amide bonds. The predicted octanol–water partition coefficient (Wildman–Crippen LogP) is 7.81. The Labute approximate surface area is 182 Å². The lowest BCUT2D eigenvalue weighted by atomic mass is 10.1. The molecule has 0 saturated heterocycles. The van der Waals surface area contributed by atoms with Crippen molar-refractivity contribution in [1.29, 1.82) is 0 Å². The second kappa shape index (κ2) is 15.8. The first-order valence-corrected chi connectivity index (χ1v) is 12.0. The van der Waals surface area contributed by atoms with Gasteiger partial charge in [-0.3, -0.25) is 4.98 Å². The van der Waals surface area contributed by atoms with Gasteiger partial charge in [-0.25, -0.2) is 4.98 Å². The maximum Gasteiger partial charge on any atom is 0.223 e. The van der Waals surface area contributed by atoms with Gasteiger partial charge < -0.3 is 9.52 Å². The molecule has 1 N–H and O–H groups in total. The van der Waals surface area contributed by atoms with Crippen LogP contribution in [0, 0.1) is 0 Å². The Morgan fingerprint density at radius 1 is 0.867 bits per heavy atom. The van der Waals surface area contributed by atoms with Gasteiger partial charge >= 0.3 is 0 Å². The summed E-state index contributed by atoms with van der Waals surface area (Å²) in [6, 6.07) is 5.65. The molecule has 0 aliphatic carbocycles. The molecule has 0 radical (unpaired) electrons. The van der Waals surface area contributed by atoms with Crippen molar-refractivity contribution in [3.8, 4) is 11.5 Å². The van der Waals surface area contributed by atoms with Crippen molar-refractivity contribution in [3.05, 3.63) is 48.6 Å². The average molecular weight is 413 g/mol. The van der Waals surface area contributed by atoms with Gasteiger partial charge in [-0.15, -0.1) is 0 Å². The van der Waals surface area contributed by atoms with Crippen LogP contribution in [-0.2, 0) is 0 Å². The van der Waals surface area contributed by atoms with Crippen LogP contribution in [0.4, 0.5) is 0 Å². The van der Waals surface area contributed by atoms with Crippen molar-refractivity contribution < 1.29 is 9.52 Å². The van der Waals surface area contributed by atoms with Gasteiger partial charge in [-0.05, 0) is 44.2 Å². The first kappa shape index (κ1) is 24.3. The number of allylic oxidation sites excluding steroid dienone is 2. The van der Waals surface area contributed by atoms with E-state index in [1.165, 1.54) is 70.6 Å². The lowest BCUT2D eigenvalue weighted by Gasteiger charge is -2.06. The predicted molar refractivity (Wildman–Crippen MR) is 124 cm³/mol. The molecule has 0 aromatic carbocycles. The highest BCUT2D eigenvalue weighted by atomic mass is 16.4. The number of pyridine rings is 1. The van der Waals surface area contributed by atoms with Crippen LogP contribution in [-0.4, -0.2) is 15.1 Å². The molecule has 30 heavy (non-hydrogen) atoms. The summed E-state index contributed by atoms with van der Waals surface area (Å²) in [5, 5.41) is 10.3. The molecule has 0 fully saturated rings. The summed E-state index contributed by atoms with van der Waals surface area (Å²) in [7, 11) is 0. The van der Waals surface area contributed by atoms with Crippen molar-refractivity contribution in [1.82, 2.24) is 9.97 Å². The van der Waals surface area contributed by atoms with Gasteiger partial charge in [0.15, 0.2) is 5.76 Å². The summed E-state index contributed by atoms with van der Waals surface area (Å²) < 4.78 is 5.67. The Morgan fingerprint density at radius 3 is 2.20 bits per heavy atom. The fourth-order valence-electron chi connectivity index (χ4n) is 3.60. The van der Waals surface area contributed by atoms with Crippen LogP contribution in [0.3, 0.4) is 0 Å². The van der Waals surface area contributed by atoms with Gasteiger partial charge in [0.05, 0.1) is 6.20 Å². The van der Waals surface area contributed by atoms with E-state index in [-0.39, 0.29) is 0 Å². The Balaban J connectivity index is 1.44. The van der Waals surface area contributed by atoms with Gasteiger partial charge in [0.2, 0.25) is 5.89 Å². The number of nitrogens with zero attached hydrogens (tertiary/aromatic N) is 2. The van der Waals surface area contributed by atoms with Crippen LogP contribution < -0.4 is 0 Å². The summed E-state index contributed by atoms with van der Waals surface area (Å²) in [6.45, 7) is 2.27. The Hall–Kier alpha value is -1.94. The molecule has 2 rings (SSSR count). The number of aliphatic hydroxyl groups excluding tert-OH is 1. The van der Waals surface area contributed by atoms with E-state index in [4.69, 9.17) is 4.42 Å². The molecular weight excluding hydrogens is 372 g/mol. The smallest absolute Gasteiger partial charge is 0.223 e. The highest BCUT2D eigenvalue weighted by Gasteiger charge is 2.15. The first-order chi connectivity index (χ1) is 14.8. The van der Waals surface area contributed by atoms with Gasteiger partial charge in [0.1, 0.15) is 11.8 Å². The Kier molecular flexibility index (Phi) is 12.8. The van der Waals surface area contributed by atoms with Crippen molar-refractivity contribution >= 4 is 0 Å². The topological polar surface area (TPSA) is 59.2 Å². The molecule has 0 spiro atoms. The lowest BCUT2D eigenvalue weighted by Crippen LogP contribution is -1.97. The minimum absolute atomic E-state index is 0.395. The van der Waals surface area contributed by atoms with Crippen molar-refractivity contribution in [2.24, 2.45) is 0 Å². The van der Waals surface area contributed by atoms with Crippen LogP contribution in [0.5, 0.6) is 0 Å². The molecule has 4 heteroatoms. The molecule has 0 saturated carbocycles. The highest BCUT2D eigenvalue weighted by molar-refractivity contribution is 5.49. The minimum atomic E-state index is -0.632. The maximum absolute atomic E-state index is 10.3. The number of hydrogen-bond acceptors (Lipinski definition) is 4. The third-order valence-corrected chi connectivity index (χ3v) is 5.47. The Bertz CT molecular complexity index is 681. The zero-order chi connectivity index (χ0) is 21.3. The largest absolute Gasteiger partial charge is 0.436 e. The lowest BCUT2D eigenvalue weighted by molar-refractivity contribution is 0.131. The molecule has 166 valence electrons. The van der Waals surface area contributed by atoms with E-state index >= 15 is 0 Å². The summed E-state index contributed by atoms with van der Waals surface area (Å²) >= 11 is 0. The van der Waals surface area contributed by atoms with E-state index in [0.717, 1.165) is 18.5 Å². The standard InChI is InChI=1S/C26H40N2O2/c1-2-3-4-5-6-7-8-9-10-11-12-13-14-15-16-20-24(29)26-28-22-25(30-26)23-19-17-18-21-27-23/h9-10,17-19,21-22,24,29H,2-8,11-16,20H2,1H3/b10-9-. The van der Waals surface area contributed by atoms with E-state index < -0.39 is 6.10 Å². The SMILES string of the molecule is CCCCCCCC/C=C\CCCCCCCC(O)c1ncc(-c2ccccn2)o1. The molecule has 1 atom stereocenters. The van der Waals surface area contributed by atoms with Crippen molar-refractivity contribution in [3.63, 3.8) is 0 Å². The molecular formula is C26H40N2O2. The van der Waals surface area contributed by atoms with E-state index in [2.05, 4.69) is 29.0 Å². The third-order valence-electron chi connectivity index (χ3n) is 5.47. The molecule has 2 aromatic heterocycles. The van der Waals surface area contributed by atoms with Crippen LogP contribution in [0.15, 0.2) is 47.2 Å².